The lowest BCUT2D eigenvalue weighted by Crippen LogP contribution is -2.16. The van der Waals surface area contributed by atoms with E-state index < -0.39 is 68.9 Å². The molecule has 0 bridgehead atoms. The zero-order valence-electron chi connectivity index (χ0n) is 17.9. The highest BCUT2D eigenvalue weighted by Gasteiger charge is 2.24. The van der Waals surface area contributed by atoms with E-state index in [0.717, 1.165) is 0 Å². The summed E-state index contributed by atoms with van der Waals surface area (Å²) in [7, 11) is 0. The summed E-state index contributed by atoms with van der Waals surface area (Å²) in [6, 6.07) is 0. The summed E-state index contributed by atoms with van der Waals surface area (Å²) >= 11 is 0. The lowest BCUT2D eigenvalue weighted by atomic mass is 10.0. The molecule has 3 nitrogen and oxygen atoms in total. The molecular weight excluding hydrogens is 474 g/mol. The van der Waals surface area contributed by atoms with Crippen LogP contribution in [0.2, 0.25) is 0 Å². The Bertz CT molecular complexity index is 917. The van der Waals surface area contributed by atoms with Gasteiger partial charge in [0.15, 0.2) is 46.5 Å². The van der Waals surface area contributed by atoms with Gasteiger partial charge in [-0.2, -0.15) is 0 Å². The first kappa shape index (κ1) is 27.3. The number of halogens is 8. The standard InChI is InChI=1S/C23H21F8NO2/c1-3-12-15(24)19(28)14(20(29)16(12)25)6-5-8-33-10-11-34-9-7-32-23-21(30)17(26)13(4-2)18(27)22(23)31/h3-4,32H,1-2,5-11H2. The topological polar surface area (TPSA) is 30.5 Å². The molecule has 0 saturated carbocycles. The quantitative estimate of drug-likeness (QED) is 0.205. The molecule has 0 atom stereocenters. The third-order valence-electron chi connectivity index (χ3n) is 4.73. The van der Waals surface area contributed by atoms with Gasteiger partial charge < -0.3 is 14.8 Å². The van der Waals surface area contributed by atoms with Crippen molar-refractivity contribution >= 4 is 17.8 Å². The Hall–Kier alpha value is -2.92. The predicted octanol–water partition coefficient (Wildman–Crippen LogP) is 6.16. The molecule has 0 amide bonds. The number of nitrogens with one attached hydrogen (secondary N) is 1. The average Bonchev–Trinajstić information content (AvgIpc) is 2.82. The third kappa shape index (κ3) is 5.95. The van der Waals surface area contributed by atoms with Gasteiger partial charge in [0, 0.05) is 18.7 Å². The van der Waals surface area contributed by atoms with Crippen molar-refractivity contribution in [3.8, 4) is 0 Å². The van der Waals surface area contributed by atoms with Crippen LogP contribution >= 0.6 is 0 Å². The van der Waals surface area contributed by atoms with Crippen molar-refractivity contribution in [3.63, 3.8) is 0 Å². The molecule has 0 saturated heterocycles. The van der Waals surface area contributed by atoms with Crippen molar-refractivity contribution in [1.82, 2.24) is 0 Å². The zero-order chi connectivity index (χ0) is 25.4. The highest BCUT2D eigenvalue weighted by Crippen LogP contribution is 2.29. The van der Waals surface area contributed by atoms with Crippen LogP contribution in [0.4, 0.5) is 40.8 Å². The molecule has 0 unspecified atom stereocenters. The Morgan fingerprint density at radius 3 is 1.50 bits per heavy atom. The Balaban J connectivity index is 1.70. The molecule has 0 spiro atoms. The Kier molecular flexibility index (Phi) is 10.1. The van der Waals surface area contributed by atoms with Gasteiger partial charge in [-0.15, -0.1) is 0 Å². The number of rotatable bonds is 13. The van der Waals surface area contributed by atoms with Gasteiger partial charge in [0.25, 0.3) is 0 Å². The van der Waals surface area contributed by atoms with Gasteiger partial charge in [-0.05, 0) is 12.8 Å². The number of benzene rings is 2. The number of hydrogen-bond acceptors (Lipinski definition) is 3. The second-order valence-electron chi connectivity index (χ2n) is 6.86. The SMILES string of the molecule is C=Cc1c(F)c(F)c(CCCOCCOCCNc2c(F)c(F)c(C=C)c(F)c2F)c(F)c1F. The van der Waals surface area contributed by atoms with Gasteiger partial charge in [0.1, 0.15) is 5.69 Å². The molecular formula is C23H21F8NO2. The van der Waals surface area contributed by atoms with Crippen LogP contribution in [-0.4, -0.2) is 33.0 Å². The molecule has 0 aromatic heterocycles. The first-order valence-electron chi connectivity index (χ1n) is 10.0. The Morgan fingerprint density at radius 1 is 0.588 bits per heavy atom. The van der Waals surface area contributed by atoms with Crippen LogP contribution in [0.25, 0.3) is 12.2 Å². The summed E-state index contributed by atoms with van der Waals surface area (Å²) in [5, 5.41) is 2.20. The summed E-state index contributed by atoms with van der Waals surface area (Å²) in [6.45, 7) is 5.96. The average molecular weight is 495 g/mol. The second-order valence-corrected chi connectivity index (χ2v) is 6.86. The van der Waals surface area contributed by atoms with Crippen LogP contribution in [0.5, 0.6) is 0 Å². The minimum atomic E-state index is -1.59. The van der Waals surface area contributed by atoms with Crippen molar-refractivity contribution in [1.29, 1.82) is 0 Å². The van der Waals surface area contributed by atoms with Crippen LogP contribution in [0.15, 0.2) is 13.2 Å². The van der Waals surface area contributed by atoms with E-state index in [-0.39, 0.29) is 45.8 Å². The van der Waals surface area contributed by atoms with Gasteiger partial charge in [-0.1, -0.05) is 25.3 Å². The Morgan fingerprint density at radius 2 is 1.03 bits per heavy atom. The van der Waals surface area contributed by atoms with Crippen molar-refractivity contribution in [2.24, 2.45) is 0 Å². The lowest BCUT2D eigenvalue weighted by Gasteiger charge is -2.12. The van der Waals surface area contributed by atoms with Crippen LogP contribution in [0.1, 0.15) is 23.1 Å². The maximum absolute atomic E-state index is 13.9. The van der Waals surface area contributed by atoms with Crippen molar-refractivity contribution in [2.45, 2.75) is 12.8 Å². The monoisotopic (exact) mass is 495 g/mol. The van der Waals surface area contributed by atoms with E-state index >= 15 is 0 Å². The van der Waals surface area contributed by atoms with Gasteiger partial charge in [0.05, 0.1) is 30.9 Å². The normalized spacial score (nSPS) is 11.1. The van der Waals surface area contributed by atoms with Crippen LogP contribution in [-0.2, 0) is 15.9 Å². The van der Waals surface area contributed by atoms with Gasteiger partial charge in [-0.25, -0.2) is 35.1 Å². The number of ether oxygens (including phenoxy) is 2. The lowest BCUT2D eigenvalue weighted by molar-refractivity contribution is 0.0506. The summed E-state index contributed by atoms with van der Waals surface area (Å²) in [4.78, 5) is 0. The minimum absolute atomic E-state index is 0.00241. The number of hydrogen-bond donors (Lipinski definition) is 1. The van der Waals surface area contributed by atoms with E-state index in [2.05, 4.69) is 18.5 Å². The number of anilines is 1. The van der Waals surface area contributed by atoms with Crippen LogP contribution in [0, 0.1) is 46.5 Å². The smallest absolute Gasteiger partial charge is 0.185 e. The molecule has 0 aliphatic carbocycles. The summed E-state index contributed by atoms with van der Waals surface area (Å²) in [5.74, 6) is -12.4. The molecule has 0 heterocycles. The fourth-order valence-corrected chi connectivity index (χ4v) is 3.00. The van der Waals surface area contributed by atoms with E-state index in [1.165, 1.54) is 0 Å². The largest absolute Gasteiger partial charge is 0.379 e. The van der Waals surface area contributed by atoms with Crippen molar-refractivity contribution < 1.29 is 44.6 Å². The summed E-state index contributed by atoms with van der Waals surface area (Å²) < 4.78 is 121. The van der Waals surface area contributed by atoms with Crippen molar-refractivity contribution in [2.75, 3.05) is 38.3 Å². The molecule has 186 valence electrons. The van der Waals surface area contributed by atoms with Gasteiger partial charge in [-0.3, -0.25) is 0 Å². The summed E-state index contributed by atoms with van der Waals surface area (Å²) in [5.41, 5.74) is -3.51. The van der Waals surface area contributed by atoms with E-state index in [9.17, 15) is 35.1 Å². The van der Waals surface area contributed by atoms with Crippen LogP contribution < -0.4 is 5.32 Å². The van der Waals surface area contributed by atoms with Crippen LogP contribution in [0.3, 0.4) is 0 Å². The molecule has 2 rings (SSSR count). The predicted molar refractivity (Wildman–Crippen MR) is 111 cm³/mol. The molecule has 1 N–H and O–H groups in total. The van der Waals surface area contributed by atoms with E-state index in [4.69, 9.17) is 9.47 Å². The van der Waals surface area contributed by atoms with Gasteiger partial charge in [0.2, 0.25) is 0 Å². The molecule has 34 heavy (non-hydrogen) atoms. The second kappa shape index (κ2) is 12.5. The van der Waals surface area contributed by atoms with E-state index in [0.29, 0.717) is 12.2 Å². The molecule has 2 aromatic rings. The zero-order valence-corrected chi connectivity index (χ0v) is 17.9. The third-order valence-corrected chi connectivity index (χ3v) is 4.73. The van der Waals surface area contributed by atoms with Gasteiger partial charge >= 0.3 is 0 Å². The molecule has 2 aromatic carbocycles. The van der Waals surface area contributed by atoms with Crippen molar-refractivity contribution in [3.05, 3.63) is 76.4 Å². The molecule has 0 fully saturated rings. The summed E-state index contributed by atoms with van der Waals surface area (Å²) in [6.07, 6.45) is 1.08. The maximum atomic E-state index is 13.9. The fraction of sp³-hybridized carbons (Fsp3) is 0.304. The first-order chi connectivity index (χ1) is 16.2. The highest BCUT2D eigenvalue weighted by atomic mass is 19.2. The highest BCUT2D eigenvalue weighted by molar-refractivity contribution is 5.57. The maximum Gasteiger partial charge on any atom is 0.185 e. The Labute approximate surface area is 190 Å². The first-order valence-corrected chi connectivity index (χ1v) is 10.0. The van der Waals surface area contributed by atoms with E-state index in [1.54, 1.807) is 0 Å². The van der Waals surface area contributed by atoms with E-state index in [1.807, 2.05) is 0 Å². The minimum Gasteiger partial charge on any atom is -0.379 e. The molecule has 0 aliphatic heterocycles. The molecule has 0 radical (unpaired) electrons. The molecule has 0 aliphatic rings. The fourth-order valence-electron chi connectivity index (χ4n) is 3.00. The molecule has 11 heteroatoms.